The third-order valence-corrected chi connectivity index (χ3v) is 5.22. The number of H-pyrrole nitrogens is 1. The van der Waals surface area contributed by atoms with Gasteiger partial charge in [-0.25, -0.2) is 9.37 Å². The molecule has 0 aliphatic heterocycles. The fraction of sp³-hybridized carbons (Fsp3) is 0.200. The van der Waals surface area contributed by atoms with Crippen molar-refractivity contribution < 1.29 is 8.81 Å². The van der Waals surface area contributed by atoms with Gasteiger partial charge < -0.3 is 20.0 Å². The van der Waals surface area contributed by atoms with Crippen LogP contribution in [0.4, 0.5) is 4.39 Å². The molecular weight excluding hydrogens is 377 g/mol. The maximum Gasteiger partial charge on any atom is 0.236 e. The Balaban J connectivity index is 1.29. The van der Waals surface area contributed by atoms with Gasteiger partial charge in [0.1, 0.15) is 12.1 Å². The van der Waals surface area contributed by atoms with Crippen LogP contribution in [0.15, 0.2) is 57.6 Å². The van der Waals surface area contributed by atoms with Gasteiger partial charge in [-0.15, -0.1) is 11.3 Å². The highest BCUT2D eigenvalue weighted by atomic mass is 32.1. The van der Waals surface area contributed by atoms with Crippen molar-refractivity contribution in [1.82, 2.24) is 20.6 Å². The lowest BCUT2D eigenvalue weighted by molar-refractivity contribution is 0.573. The monoisotopic (exact) mass is 397 g/mol. The zero-order chi connectivity index (χ0) is 19.3. The second kappa shape index (κ2) is 8.26. The predicted octanol–water partition coefficient (Wildman–Crippen LogP) is 3.93. The number of benzene rings is 1. The summed E-state index contributed by atoms with van der Waals surface area (Å²) in [7, 11) is 1.73. The van der Waals surface area contributed by atoms with Crippen LogP contribution >= 0.6 is 11.3 Å². The summed E-state index contributed by atoms with van der Waals surface area (Å²) >= 11 is 1.59. The lowest BCUT2D eigenvalue weighted by Gasteiger charge is -2.10. The van der Waals surface area contributed by atoms with Crippen LogP contribution < -0.4 is 10.6 Å². The molecule has 0 unspecified atom stereocenters. The fourth-order valence-corrected chi connectivity index (χ4v) is 3.63. The molecule has 0 saturated carbocycles. The normalized spacial score (nSPS) is 11.9. The Hall–Kier alpha value is -3.13. The number of aliphatic imine (C=N–C) groups is 1. The summed E-state index contributed by atoms with van der Waals surface area (Å²) in [4.78, 5) is 12.8. The van der Waals surface area contributed by atoms with Gasteiger partial charge in [-0.3, -0.25) is 4.99 Å². The molecule has 28 heavy (non-hydrogen) atoms. The van der Waals surface area contributed by atoms with Crippen LogP contribution in [-0.4, -0.2) is 29.5 Å². The number of thiophene rings is 1. The number of nitrogens with zero attached hydrogens (tertiary/aromatic N) is 2. The molecule has 6 nitrogen and oxygen atoms in total. The molecule has 0 radical (unpaired) electrons. The van der Waals surface area contributed by atoms with Crippen molar-refractivity contribution >= 4 is 28.2 Å². The van der Waals surface area contributed by atoms with E-state index in [1.54, 1.807) is 30.7 Å². The zero-order valence-corrected chi connectivity index (χ0v) is 16.1. The number of aromatic amines is 1. The van der Waals surface area contributed by atoms with Crippen molar-refractivity contribution in [3.05, 3.63) is 65.2 Å². The molecule has 0 bridgehead atoms. The SMILES string of the molecule is CN=C(NCCc1c[nH]c2cc(F)ccc12)NCc1coc(-c2cccs2)n1. The van der Waals surface area contributed by atoms with Gasteiger partial charge in [0.2, 0.25) is 5.89 Å². The summed E-state index contributed by atoms with van der Waals surface area (Å²) in [6.45, 7) is 1.21. The molecule has 1 aromatic carbocycles. The average Bonchev–Trinajstić information content (AvgIpc) is 3.44. The van der Waals surface area contributed by atoms with Crippen LogP contribution in [0.2, 0.25) is 0 Å². The van der Waals surface area contributed by atoms with Gasteiger partial charge in [0.05, 0.1) is 17.1 Å². The van der Waals surface area contributed by atoms with E-state index in [9.17, 15) is 4.39 Å². The van der Waals surface area contributed by atoms with Gasteiger partial charge in [0, 0.05) is 30.7 Å². The first-order valence-corrected chi connectivity index (χ1v) is 9.79. The van der Waals surface area contributed by atoms with Crippen molar-refractivity contribution in [2.45, 2.75) is 13.0 Å². The van der Waals surface area contributed by atoms with Gasteiger partial charge in [0.25, 0.3) is 0 Å². The van der Waals surface area contributed by atoms with E-state index in [-0.39, 0.29) is 5.82 Å². The Kier molecular flexibility index (Phi) is 5.38. The number of halogens is 1. The number of hydrogen-bond acceptors (Lipinski definition) is 4. The van der Waals surface area contributed by atoms with Crippen LogP contribution in [0.3, 0.4) is 0 Å². The van der Waals surface area contributed by atoms with Crippen LogP contribution in [0.25, 0.3) is 21.7 Å². The minimum absolute atomic E-state index is 0.237. The summed E-state index contributed by atoms with van der Waals surface area (Å²) < 4.78 is 18.8. The second-order valence-electron chi connectivity index (χ2n) is 6.23. The Bertz CT molecular complexity index is 1080. The Morgan fingerprint density at radius 2 is 2.25 bits per heavy atom. The highest BCUT2D eigenvalue weighted by Crippen LogP contribution is 2.23. The number of aromatic nitrogens is 2. The van der Waals surface area contributed by atoms with Gasteiger partial charge in [0.15, 0.2) is 5.96 Å². The minimum Gasteiger partial charge on any atom is -0.443 e. The molecule has 3 N–H and O–H groups in total. The third-order valence-electron chi connectivity index (χ3n) is 4.36. The van der Waals surface area contributed by atoms with E-state index in [0.717, 1.165) is 33.5 Å². The molecular formula is C20H20FN5OS. The molecule has 8 heteroatoms. The van der Waals surface area contributed by atoms with E-state index in [0.29, 0.717) is 24.9 Å². The Morgan fingerprint density at radius 1 is 1.32 bits per heavy atom. The minimum atomic E-state index is -0.237. The summed E-state index contributed by atoms with van der Waals surface area (Å²) in [6.07, 6.45) is 4.36. The molecule has 4 aromatic rings. The van der Waals surface area contributed by atoms with Crippen molar-refractivity contribution in [3.8, 4) is 10.8 Å². The van der Waals surface area contributed by atoms with Crippen LogP contribution in [0.5, 0.6) is 0 Å². The summed E-state index contributed by atoms with van der Waals surface area (Å²) in [5, 5.41) is 9.54. The predicted molar refractivity (Wildman–Crippen MR) is 110 cm³/mol. The molecule has 0 atom stereocenters. The van der Waals surface area contributed by atoms with Crippen molar-refractivity contribution in [2.24, 2.45) is 4.99 Å². The van der Waals surface area contributed by atoms with E-state index in [1.807, 2.05) is 23.7 Å². The maximum atomic E-state index is 13.3. The average molecular weight is 397 g/mol. The van der Waals surface area contributed by atoms with Crippen LogP contribution in [0, 0.1) is 5.82 Å². The third kappa shape index (κ3) is 4.07. The molecule has 0 aliphatic rings. The molecule has 0 spiro atoms. The number of hydrogen-bond donors (Lipinski definition) is 3. The first kappa shape index (κ1) is 18.2. The fourth-order valence-electron chi connectivity index (χ4n) is 2.98. The summed E-state index contributed by atoms with van der Waals surface area (Å²) in [5.74, 6) is 1.08. The molecule has 4 rings (SSSR count). The second-order valence-corrected chi connectivity index (χ2v) is 7.18. The molecule has 3 heterocycles. The first-order chi connectivity index (χ1) is 13.7. The molecule has 0 aliphatic carbocycles. The van der Waals surface area contributed by atoms with E-state index in [4.69, 9.17) is 4.42 Å². The van der Waals surface area contributed by atoms with Gasteiger partial charge in [-0.1, -0.05) is 6.07 Å². The molecule has 3 aromatic heterocycles. The highest BCUT2D eigenvalue weighted by Gasteiger charge is 2.09. The maximum absolute atomic E-state index is 13.3. The number of fused-ring (bicyclic) bond motifs is 1. The van der Waals surface area contributed by atoms with Gasteiger partial charge >= 0.3 is 0 Å². The van der Waals surface area contributed by atoms with E-state index >= 15 is 0 Å². The Morgan fingerprint density at radius 3 is 3.07 bits per heavy atom. The zero-order valence-electron chi connectivity index (χ0n) is 15.3. The molecule has 144 valence electrons. The number of oxazole rings is 1. The van der Waals surface area contributed by atoms with Crippen molar-refractivity contribution in [2.75, 3.05) is 13.6 Å². The standard InChI is InChI=1S/C20H20FN5OS/c1-22-20(25-11-15-12-27-19(26-15)18-3-2-8-28-18)23-7-6-13-10-24-17-9-14(21)4-5-16(13)17/h2-5,8-10,12,24H,6-7,11H2,1H3,(H2,22,23,25). The van der Waals surface area contributed by atoms with Crippen LogP contribution in [-0.2, 0) is 13.0 Å². The number of rotatable bonds is 6. The van der Waals surface area contributed by atoms with Crippen molar-refractivity contribution in [1.29, 1.82) is 0 Å². The van der Waals surface area contributed by atoms with Gasteiger partial charge in [-0.2, -0.15) is 0 Å². The molecule has 0 fully saturated rings. The summed E-state index contributed by atoms with van der Waals surface area (Å²) in [6, 6.07) is 8.75. The largest absolute Gasteiger partial charge is 0.443 e. The topological polar surface area (TPSA) is 78.2 Å². The lowest BCUT2D eigenvalue weighted by atomic mass is 10.1. The van der Waals surface area contributed by atoms with E-state index in [2.05, 4.69) is 25.6 Å². The number of guanidine groups is 1. The lowest BCUT2D eigenvalue weighted by Crippen LogP contribution is -2.37. The van der Waals surface area contributed by atoms with E-state index in [1.165, 1.54) is 12.1 Å². The first-order valence-electron chi connectivity index (χ1n) is 8.91. The Labute approximate surface area is 165 Å². The van der Waals surface area contributed by atoms with Crippen molar-refractivity contribution in [3.63, 3.8) is 0 Å². The quantitative estimate of drug-likeness (QED) is 0.340. The smallest absolute Gasteiger partial charge is 0.236 e. The van der Waals surface area contributed by atoms with Crippen LogP contribution in [0.1, 0.15) is 11.3 Å². The summed E-state index contributed by atoms with van der Waals surface area (Å²) in [5.41, 5.74) is 2.75. The number of nitrogens with one attached hydrogen (secondary N) is 3. The molecule has 0 saturated heterocycles. The highest BCUT2D eigenvalue weighted by molar-refractivity contribution is 7.13. The van der Waals surface area contributed by atoms with Gasteiger partial charge in [-0.05, 0) is 41.6 Å². The van der Waals surface area contributed by atoms with E-state index < -0.39 is 0 Å². The molecule has 0 amide bonds.